The van der Waals surface area contributed by atoms with E-state index in [4.69, 9.17) is 30.5 Å². The molecule has 3 atom stereocenters. The second-order valence-corrected chi connectivity index (χ2v) is 9.94. The van der Waals surface area contributed by atoms with Gasteiger partial charge in [0.25, 0.3) is 0 Å². The van der Waals surface area contributed by atoms with Crippen molar-refractivity contribution in [3.05, 3.63) is 23.2 Å². The number of methoxy groups -OCH3 is 1. The van der Waals surface area contributed by atoms with E-state index in [1.54, 1.807) is 52.8 Å². The van der Waals surface area contributed by atoms with Gasteiger partial charge in [0, 0.05) is 11.5 Å². The molecule has 0 radical (unpaired) electrons. The Balaban J connectivity index is 2.85. The molecule has 1 aromatic carbocycles. The Kier molecular flexibility index (Phi) is 9.03. The van der Waals surface area contributed by atoms with Gasteiger partial charge in [-0.25, -0.2) is 0 Å². The predicted octanol–water partition coefficient (Wildman–Crippen LogP) is 5.44. The highest BCUT2D eigenvalue weighted by atomic mass is 35.5. The van der Waals surface area contributed by atoms with Gasteiger partial charge in [-0.2, -0.15) is 0 Å². The third kappa shape index (κ3) is 8.42. The Morgan fingerprint density at radius 3 is 2.17 bits per heavy atom. The Morgan fingerprint density at radius 2 is 1.67 bits per heavy atom. The monoisotopic (exact) mass is 442 g/mol. The zero-order chi connectivity index (χ0) is 23.3. The molecular formula is C23H35ClO6. The highest BCUT2D eigenvalue weighted by molar-refractivity contribution is 6.32. The van der Waals surface area contributed by atoms with E-state index >= 15 is 0 Å². The molecule has 0 aliphatic rings. The first-order chi connectivity index (χ1) is 13.6. The van der Waals surface area contributed by atoms with Crippen molar-refractivity contribution >= 4 is 23.5 Å². The Labute approximate surface area is 185 Å². The molecule has 0 aliphatic heterocycles. The van der Waals surface area contributed by atoms with Crippen LogP contribution in [0.4, 0.5) is 0 Å². The summed E-state index contributed by atoms with van der Waals surface area (Å²) in [7, 11) is 1.53. The molecule has 0 aliphatic carbocycles. The summed E-state index contributed by atoms with van der Waals surface area (Å²) >= 11 is 6.08. The molecule has 1 aromatic rings. The van der Waals surface area contributed by atoms with Crippen molar-refractivity contribution < 1.29 is 28.5 Å². The molecule has 0 heterocycles. The second-order valence-electron chi connectivity index (χ2n) is 9.53. The van der Waals surface area contributed by atoms with E-state index in [0.717, 1.165) is 0 Å². The van der Waals surface area contributed by atoms with E-state index in [0.29, 0.717) is 16.5 Å². The van der Waals surface area contributed by atoms with Gasteiger partial charge in [0.2, 0.25) is 0 Å². The quantitative estimate of drug-likeness (QED) is 0.499. The lowest BCUT2D eigenvalue weighted by Gasteiger charge is -2.35. The van der Waals surface area contributed by atoms with Crippen molar-refractivity contribution in [2.24, 2.45) is 11.3 Å². The van der Waals surface area contributed by atoms with Crippen LogP contribution in [0.3, 0.4) is 0 Å². The molecule has 0 saturated carbocycles. The van der Waals surface area contributed by atoms with E-state index in [1.807, 2.05) is 20.8 Å². The van der Waals surface area contributed by atoms with Gasteiger partial charge < -0.3 is 18.9 Å². The molecule has 0 saturated heterocycles. The van der Waals surface area contributed by atoms with Crippen molar-refractivity contribution in [2.45, 2.75) is 79.6 Å². The van der Waals surface area contributed by atoms with Crippen LogP contribution in [0.25, 0.3) is 0 Å². The lowest BCUT2D eigenvalue weighted by molar-refractivity contribution is -0.167. The summed E-state index contributed by atoms with van der Waals surface area (Å²) in [6.45, 7) is 14.8. The van der Waals surface area contributed by atoms with Gasteiger partial charge in [-0.15, -0.1) is 0 Å². The first kappa shape index (κ1) is 26.1. The fourth-order valence-corrected chi connectivity index (χ4v) is 3.11. The summed E-state index contributed by atoms with van der Waals surface area (Å²) in [6, 6.07) is 5.12. The normalized spacial score (nSPS) is 15.0. The van der Waals surface area contributed by atoms with Crippen molar-refractivity contribution in [2.75, 3.05) is 7.11 Å². The van der Waals surface area contributed by atoms with Crippen LogP contribution in [0, 0.1) is 11.3 Å². The molecular weight excluding hydrogens is 408 g/mol. The minimum Gasteiger partial charge on any atom is -0.495 e. The largest absolute Gasteiger partial charge is 0.495 e. The van der Waals surface area contributed by atoms with E-state index in [2.05, 4.69) is 0 Å². The van der Waals surface area contributed by atoms with E-state index in [1.165, 1.54) is 7.11 Å². The maximum Gasteiger partial charge on any atom is 0.309 e. The standard InChI is InChI=1S/C23H35ClO6/c1-14(12-19(25)30-23(6,7)8)21(26)28-15(2)20(22(3,4)5)29-16-10-11-17(24)18(13-16)27-9/h10-11,13-15,20H,12H2,1-9H3/t14-,15+,20+/m1/s1. The molecule has 0 unspecified atom stereocenters. The average Bonchev–Trinajstić information content (AvgIpc) is 2.57. The second kappa shape index (κ2) is 10.4. The number of ether oxygens (including phenoxy) is 4. The van der Waals surface area contributed by atoms with E-state index in [9.17, 15) is 9.59 Å². The van der Waals surface area contributed by atoms with Crippen LogP contribution in [0.1, 0.15) is 61.8 Å². The van der Waals surface area contributed by atoms with Crippen LogP contribution in [0.2, 0.25) is 5.02 Å². The van der Waals surface area contributed by atoms with Gasteiger partial charge in [-0.05, 0) is 39.8 Å². The summed E-state index contributed by atoms with van der Waals surface area (Å²) in [5, 5.41) is 0.479. The predicted molar refractivity (Wildman–Crippen MR) is 117 cm³/mol. The number of carbonyl (C=O) groups is 2. The topological polar surface area (TPSA) is 71.1 Å². The minimum atomic E-state index is -0.626. The number of hydrogen-bond donors (Lipinski definition) is 0. The van der Waals surface area contributed by atoms with Crippen LogP contribution >= 0.6 is 11.6 Å². The molecule has 170 valence electrons. The lowest BCUT2D eigenvalue weighted by atomic mass is 9.86. The lowest BCUT2D eigenvalue weighted by Crippen LogP contribution is -2.44. The summed E-state index contributed by atoms with van der Waals surface area (Å²) in [6.07, 6.45) is -1.04. The highest BCUT2D eigenvalue weighted by Gasteiger charge is 2.35. The van der Waals surface area contributed by atoms with Crippen LogP contribution < -0.4 is 9.47 Å². The number of carbonyl (C=O) groups excluding carboxylic acids is 2. The molecule has 0 bridgehead atoms. The summed E-state index contributed by atoms with van der Waals surface area (Å²) < 4.78 is 22.3. The average molecular weight is 443 g/mol. The summed E-state index contributed by atoms with van der Waals surface area (Å²) in [5.41, 5.74) is -0.931. The molecule has 6 nitrogen and oxygen atoms in total. The van der Waals surface area contributed by atoms with E-state index in [-0.39, 0.29) is 11.8 Å². The van der Waals surface area contributed by atoms with Gasteiger partial charge >= 0.3 is 11.9 Å². The maximum atomic E-state index is 12.6. The van der Waals surface area contributed by atoms with Crippen LogP contribution in [-0.4, -0.2) is 36.9 Å². The van der Waals surface area contributed by atoms with E-state index < -0.39 is 35.7 Å². The van der Waals surface area contributed by atoms with Crippen molar-refractivity contribution in [1.82, 2.24) is 0 Å². The first-order valence-corrected chi connectivity index (χ1v) is 10.4. The number of rotatable bonds is 8. The number of benzene rings is 1. The number of hydrogen-bond acceptors (Lipinski definition) is 6. The maximum absolute atomic E-state index is 12.6. The smallest absolute Gasteiger partial charge is 0.309 e. The molecule has 30 heavy (non-hydrogen) atoms. The molecule has 7 heteroatoms. The van der Waals surface area contributed by atoms with Gasteiger partial charge in [0.1, 0.15) is 29.3 Å². The van der Waals surface area contributed by atoms with Gasteiger partial charge in [0.05, 0.1) is 24.5 Å². The molecule has 0 spiro atoms. The zero-order valence-corrected chi connectivity index (χ0v) is 20.3. The molecule has 0 fully saturated rings. The third-order valence-corrected chi connectivity index (χ3v) is 4.58. The molecule has 0 amide bonds. The number of halogens is 1. The van der Waals surface area contributed by atoms with Crippen LogP contribution in [0.15, 0.2) is 18.2 Å². The molecule has 1 rings (SSSR count). The fraction of sp³-hybridized carbons (Fsp3) is 0.652. The molecule has 0 aromatic heterocycles. The highest BCUT2D eigenvalue weighted by Crippen LogP contribution is 2.33. The Morgan fingerprint density at radius 1 is 1.07 bits per heavy atom. The van der Waals surface area contributed by atoms with Crippen molar-refractivity contribution in [3.63, 3.8) is 0 Å². The van der Waals surface area contributed by atoms with Crippen molar-refractivity contribution in [3.8, 4) is 11.5 Å². The molecule has 0 N–H and O–H groups in total. The Bertz CT molecular complexity index is 732. The van der Waals surface area contributed by atoms with Crippen LogP contribution in [0.5, 0.6) is 11.5 Å². The minimum absolute atomic E-state index is 0.0434. The summed E-state index contributed by atoms with van der Waals surface area (Å²) in [4.78, 5) is 24.6. The van der Waals surface area contributed by atoms with Gasteiger partial charge in [-0.3, -0.25) is 9.59 Å². The zero-order valence-electron chi connectivity index (χ0n) is 19.5. The Hall–Kier alpha value is -1.95. The first-order valence-electron chi connectivity index (χ1n) is 10.1. The van der Waals surface area contributed by atoms with Gasteiger partial charge in [-0.1, -0.05) is 39.3 Å². The summed E-state index contributed by atoms with van der Waals surface area (Å²) in [5.74, 6) is -0.478. The SMILES string of the molecule is COc1cc(O[C@@H]([C@H](C)OC(=O)[C@H](C)CC(=O)OC(C)(C)C)C(C)(C)C)ccc1Cl. The van der Waals surface area contributed by atoms with Crippen molar-refractivity contribution in [1.29, 1.82) is 0 Å². The van der Waals surface area contributed by atoms with Gasteiger partial charge in [0.15, 0.2) is 0 Å². The fourth-order valence-electron chi connectivity index (χ4n) is 2.91. The third-order valence-electron chi connectivity index (χ3n) is 4.26. The van der Waals surface area contributed by atoms with Crippen LogP contribution in [-0.2, 0) is 19.1 Å². The number of esters is 2.